The summed E-state index contributed by atoms with van der Waals surface area (Å²) in [5.41, 5.74) is 3.56. The fourth-order valence-corrected chi connectivity index (χ4v) is 0.354. The molecule has 3 nitrogen and oxygen atoms in total. The Bertz CT molecular complexity index is 102. The highest BCUT2D eigenvalue weighted by Gasteiger charge is 1.92. The van der Waals surface area contributed by atoms with Crippen LogP contribution in [0.1, 0.15) is 13.8 Å². The topological polar surface area (TPSA) is 41.5 Å². The van der Waals surface area contributed by atoms with Gasteiger partial charge in [-0.2, -0.15) is 5.48 Å². The molecule has 0 aliphatic heterocycles. The first-order valence-electron chi connectivity index (χ1n) is 3.30. The van der Waals surface area contributed by atoms with E-state index >= 15 is 0 Å². The van der Waals surface area contributed by atoms with E-state index in [-0.39, 0.29) is 6.10 Å². The van der Waals surface area contributed by atoms with Crippen LogP contribution in [0.3, 0.4) is 0 Å². The quantitative estimate of drug-likeness (QED) is 0.335. The lowest BCUT2D eigenvalue weighted by Crippen LogP contribution is -2.25. The van der Waals surface area contributed by atoms with E-state index in [1.165, 1.54) is 0 Å². The fourth-order valence-electron chi connectivity index (χ4n) is 0.354. The molecule has 1 atom stereocenters. The van der Waals surface area contributed by atoms with Gasteiger partial charge in [-0.25, -0.2) is 0 Å². The van der Waals surface area contributed by atoms with Crippen molar-refractivity contribution in [3.05, 3.63) is 12.2 Å². The van der Waals surface area contributed by atoms with Gasteiger partial charge in [0.25, 0.3) is 0 Å². The smallest absolute Gasteiger partial charge is 0.0887 e. The zero-order valence-electron chi connectivity index (χ0n) is 6.55. The second-order valence-corrected chi connectivity index (χ2v) is 2.44. The monoisotopic (exact) mass is 145 g/mol. The Kier molecular flexibility index (Phi) is 5.20. The van der Waals surface area contributed by atoms with Crippen LogP contribution in [0.15, 0.2) is 12.2 Å². The molecular weight excluding hydrogens is 130 g/mol. The van der Waals surface area contributed by atoms with Crippen LogP contribution >= 0.6 is 0 Å². The number of nitrogens with one attached hydrogen (secondary N) is 1. The standard InChI is InChI=1S/C7H15NO2/c1-6(2)5-10-8-4-7(3)9/h7-9H,1,4-5H2,2-3H3/t7-/m1/s1. The zero-order valence-corrected chi connectivity index (χ0v) is 6.55. The molecule has 0 aromatic carbocycles. The molecular formula is C7H15NO2. The highest BCUT2D eigenvalue weighted by atomic mass is 16.6. The maximum atomic E-state index is 8.75. The maximum absolute atomic E-state index is 8.75. The Morgan fingerprint density at radius 2 is 2.40 bits per heavy atom. The van der Waals surface area contributed by atoms with Crippen molar-refractivity contribution in [1.82, 2.24) is 5.48 Å². The third-order valence-corrected chi connectivity index (χ3v) is 0.799. The van der Waals surface area contributed by atoms with Crippen LogP contribution in [0.4, 0.5) is 0 Å². The minimum Gasteiger partial charge on any atom is -0.392 e. The second-order valence-electron chi connectivity index (χ2n) is 2.44. The molecule has 0 aromatic rings. The van der Waals surface area contributed by atoms with E-state index in [0.717, 1.165) is 5.57 Å². The molecule has 0 aliphatic rings. The van der Waals surface area contributed by atoms with Crippen LogP contribution in [0.25, 0.3) is 0 Å². The summed E-state index contributed by atoms with van der Waals surface area (Å²) in [5.74, 6) is 0. The normalized spacial score (nSPS) is 13.1. The summed E-state index contributed by atoms with van der Waals surface area (Å²) in [6.45, 7) is 8.16. The molecule has 0 aliphatic carbocycles. The van der Waals surface area contributed by atoms with Gasteiger partial charge in [-0.15, -0.1) is 0 Å². The lowest BCUT2D eigenvalue weighted by atomic mass is 10.4. The molecule has 2 N–H and O–H groups in total. The number of hydrogen-bond donors (Lipinski definition) is 2. The van der Waals surface area contributed by atoms with Crippen LogP contribution in [-0.2, 0) is 4.84 Å². The molecule has 0 radical (unpaired) electrons. The molecule has 3 heteroatoms. The molecule has 0 fully saturated rings. The van der Waals surface area contributed by atoms with E-state index in [2.05, 4.69) is 12.1 Å². The first kappa shape index (κ1) is 9.62. The lowest BCUT2D eigenvalue weighted by molar-refractivity contribution is 0.0308. The van der Waals surface area contributed by atoms with Gasteiger partial charge in [0.2, 0.25) is 0 Å². The molecule has 0 heterocycles. The molecule has 0 unspecified atom stereocenters. The van der Waals surface area contributed by atoms with Gasteiger partial charge in [0.05, 0.1) is 12.7 Å². The summed E-state index contributed by atoms with van der Waals surface area (Å²) in [7, 11) is 0. The summed E-state index contributed by atoms with van der Waals surface area (Å²) >= 11 is 0. The Labute approximate surface area is 61.7 Å². The molecule has 0 spiro atoms. The van der Waals surface area contributed by atoms with Crippen LogP contribution in [0.2, 0.25) is 0 Å². The zero-order chi connectivity index (χ0) is 7.98. The number of aliphatic hydroxyl groups is 1. The minimum atomic E-state index is -0.370. The third kappa shape index (κ3) is 7.62. The predicted molar refractivity (Wildman–Crippen MR) is 40.4 cm³/mol. The van der Waals surface area contributed by atoms with Crippen molar-refractivity contribution >= 4 is 0 Å². The van der Waals surface area contributed by atoms with Crippen molar-refractivity contribution in [3.8, 4) is 0 Å². The lowest BCUT2D eigenvalue weighted by Gasteiger charge is -2.06. The van der Waals surface area contributed by atoms with Gasteiger partial charge in [-0.05, 0) is 13.8 Å². The van der Waals surface area contributed by atoms with Crippen molar-refractivity contribution in [3.63, 3.8) is 0 Å². The highest BCUT2D eigenvalue weighted by Crippen LogP contribution is 1.84. The molecule has 0 aromatic heterocycles. The Morgan fingerprint density at radius 3 is 2.80 bits per heavy atom. The molecule has 0 bridgehead atoms. The van der Waals surface area contributed by atoms with E-state index in [9.17, 15) is 0 Å². The van der Waals surface area contributed by atoms with Crippen LogP contribution in [0, 0.1) is 0 Å². The van der Waals surface area contributed by atoms with E-state index in [1.807, 2.05) is 6.92 Å². The molecule has 0 amide bonds. The summed E-state index contributed by atoms with van der Waals surface area (Å²) in [6, 6.07) is 0. The van der Waals surface area contributed by atoms with Gasteiger partial charge < -0.3 is 5.11 Å². The van der Waals surface area contributed by atoms with Crippen LogP contribution in [-0.4, -0.2) is 24.4 Å². The Hall–Kier alpha value is -0.380. The largest absolute Gasteiger partial charge is 0.392 e. The third-order valence-electron chi connectivity index (χ3n) is 0.799. The van der Waals surface area contributed by atoms with Crippen molar-refractivity contribution in [2.45, 2.75) is 20.0 Å². The highest BCUT2D eigenvalue weighted by molar-refractivity contribution is 4.86. The van der Waals surface area contributed by atoms with E-state index in [1.54, 1.807) is 6.92 Å². The fraction of sp³-hybridized carbons (Fsp3) is 0.714. The first-order chi connectivity index (χ1) is 4.63. The first-order valence-corrected chi connectivity index (χ1v) is 3.30. The summed E-state index contributed by atoms with van der Waals surface area (Å²) in [4.78, 5) is 4.90. The van der Waals surface area contributed by atoms with Gasteiger partial charge in [0.1, 0.15) is 0 Å². The average molecular weight is 145 g/mol. The number of hydrogen-bond acceptors (Lipinski definition) is 3. The minimum absolute atomic E-state index is 0.370. The van der Waals surface area contributed by atoms with Crippen molar-refractivity contribution in [2.75, 3.05) is 13.2 Å². The van der Waals surface area contributed by atoms with Gasteiger partial charge in [0, 0.05) is 6.54 Å². The van der Waals surface area contributed by atoms with Crippen molar-refractivity contribution < 1.29 is 9.94 Å². The SMILES string of the molecule is C=C(C)CONC[C@@H](C)O. The maximum Gasteiger partial charge on any atom is 0.0887 e. The van der Waals surface area contributed by atoms with Crippen LogP contribution < -0.4 is 5.48 Å². The number of rotatable bonds is 5. The molecule has 0 saturated carbocycles. The summed E-state index contributed by atoms with van der Waals surface area (Å²) in [6.07, 6.45) is -0.370. The Balaban J connectivity index is 2.98. The van der Waals surface area contributed by atoms with Gasteiger partial charge in [0.15, 0.2) is 0 Å². The number of hydroxylamine groups is 1. The van der Waals surface area contributed by atoms with Gasteiger partial charge >= 0.3 is 0 Å². The van der Waals surface area contributed by atoms with E-state index in [4.69, 9.17) is 9.94 Å². The summed E-state index contributed by atoms with van der Waals surface area (Å²) < 4.78 is 0. The van der Waals surface area contributed by atoms with Crippen molar-refractivity contribution in [2.24, 2.45) is 0 Å². The summed E-state index contributed by atoms with van der Waals surface area (Å²) in [5, 5.41) is 8.75. The molecule has 10 heavy (non-hydrogen) atoms. The molecule has 60 valence electrons. The average Bonchev–Trinajstić information content (AvgIpc) is 1.79. The van der Waals surface area contributed by atoms with Crippen LogP contribution in [0.5, 0.6) is 0 Å². The second kappa shape index (κ2) is 5.41. The van der Waals surface area contributed by atoms with Crippen molar-refractivity contribution in [1.29, 1.82) is 0 Å². The molecule has 0 saturated heterocycles. The number of aliphatic hydroxyl groups excluding tert-OH is 1. The van der Waals surface area contributed by atoms with E-state index in [0.29, 0.717) is 13.2 Å². The van der Waals surface area contributed by atoms with Gasteiger partial charge in [-0.1, -0.05) is 12.2 Å². The molecule has 0 rings (SSSR count). The Morgan fingerprint density at radius 1 is 1.80 bits per heavy atom. The predicted octanol–water partition coefficient (Wildman–Crippen LogP) is 0.464. The van der Waals surface area contributed by atoms with Gasteiger partial charge in [-0.3, -0.25) is 4.84 Å². The van der Waals surface area contributed by atoms with E-state index < -0.39 is 0 Å².